The first-order chi connectivity index (χ1) is 18.7. The zero-order valence-electron chi connectivity index (χ0n) is 20.5. The second-order valence-corrected chi connectivity index (χ2v) is 8.99. The van der Waals surface area contributed by atoms with Crippen molar-refractivity contribution in [3.63, 3.8) is 0 Å². The highest BCUT2D eigenvalue weighted by atomic mass is 19.4. The van der Waals surface area contributed by atoms with Crippen molar-refractivity contribution in [2.24, 2.45) is 0 Å². The third kappa shape index (κ3) is 5.92. The number of nitrogens with zero attached hydrogens (tertiary/aromatic N) is 3. The van der Waals surface area contributed by atoms with Crippen LogP contribution in [0.3, 0.4) is 0 Å². The number of hydrogen-bond donors (Lipinski definition) is 2. The number of carbonyl (C=O) groups is 2. The van der Waals surface area contributed by atoms with E-state index in [-0.39, 0.29) is 23.1 Å². The fourth-order valence-corrected chi connectivity index (χ4v) is 4.31. The van der Waals surface area contributed by atoms with Gasteiger partial charge in [-0.2, -0.15) is 13.2 Å². The summed E-state index contributed by atoms with van der Waals surface area (Å²) >= 11 is 0. The van der Waals surface area contributed by atoms with Crippen LogP contribution in [0.15, 0.2) is 78.9 Å². The molecule has 0 saturated carbocycles. The summed E-state index contributed by atoms with van der Waals surface area (Å²) in [4.78, 5) is 32.4. The maximum absolute atomic E-state index is 13.4. The van der Waals surface area contributed by atoms with Gasteiger partial charge in [0, 0.05) is 48.5 Å². The van der Waals surface area contributed by atoms with Crippen LogP contribution in [0.5, 0.6) is 0 Å². The van der Waals surface area contributed by atoms with Gasteiger partial charge in [0.05, 0.1) is 11.2 Å². The van der Waals surface area contributed by atoms with Crippen molar-refractivity contribution in [1.82, 2.24) is 14.8 Å². The molecule has 4 aromatic rings. The maximum atomic E-state index is 13.4. The molecule has 1 fully saturated rings. The maximum Gasteiger partial charge on any atom is 0.433 e. The molecule has 5 rings (SSSR count). The van der Waals surface area contributed by atoms with Gasteiger partial charge in [0.2, 0.25) is 0 Å². The van der Waals surface area contributed by atoms with Gasteiger partial charge in [-0.3, -0.25) is 4.79 Å². The minimum absolute atomic E-state index is 0.214. The number of benzene rings is 3. The molecule has 39 heavy (non-hydrogen) atoms. The standard InChI is InChI=1S/C28H23F4N5O2/c29-19-7-11-21(12-8-19)34-27(39)37-15-13-36(14-16-37)26(38)18-5-9-20(10-6-18)33-24-17-25(28(30,31)32)35-23-4-2-1-3-22(23)24/h1-12,17H,13-16H2,(H,33,35)(H,34,39). The van der Waals surface area contributed by atoms with E-state index in [1.165, 1.54) is 30.3 Å². The number of carbonyl (C=O) groups excluding carboxylic acids is 2. The number of amides is 3. The predicted octanol–water partition coefficient (Wildman–Crippen LogP) is 6.13. The minimum atomic E-state index is -4.59. The molecule has 2 heterocycles. The Hall–Kier alpha value is -4.67. The highest BCUT2D eigenvalue weighted by Gasteiger charge is 2.33. The molecule has 1 aliphatic rings. The Morgan fingerprint density at radius 3 is 2.08 bits per heavy atom. The Labute approximate surface area is 221 Å². The SMILES string of the molecule is O=C(Nc1ccc(F)cc1)N1CCN(C(=O)c2ccc(Nc3cc(C(F)(F)F)nc4ccccc34)cc2)CC1. The van der Waals surface area contributed by atoms with Gasteiger partial charge in [-0.15, -0.1) is 0 Å². The van der Waals surface area contributed by atoms with Gasteiger partial charge in [-0.25, -0.2) is 14.2 Å². The molecule has 0 bridgehead atoms. The van der Waals surface area contributed by atoms with Crippen LogP contribution < -0.4 is 10.6 Å². The number of rotatable bonds is 4. The molecule has 0 aliphatic carbocycles. The van der Waals surface area contributed by atoms with Crippen molar-refractivity contribution in [3.8, 4) is 0 Å². The second kappa shape index (κ2) is 10.6. The van der Waals surface area contributed by atoms with Gasteiger partial charge >= 0.3 is 12.2 Å². The zero-order chi connectivity index (χ0) is 27.6. The quantitative estimate of drug-likeness (QED) is 0.307. The van der Waals surface area contributed by atoms with E-state index < -0.39 is 17.7 Å². The molecular weight excluding hydrogens is 514 g/mol. The topological polar surface area (TPSA) is 77.6 Å². The summed E-state index contributed by atoms with van der Waals surface area (Å²) in [6, 6.07) is 19.1. The molecule has 0 radical (unpaired) electrons. The number of pyridine rings is 1. The molecule has 11 heteroatoms. The van der Waals surface area contributed by atoms with Gasteiger partial charge in [-0.1, -0.05) is 18.2 Å². The highest BCUT2D eigenvalue weighted by Crippen LogP contribution is 2.34. The van der Waals surface area contributed by atoms with Crippen LogP contribution in [0.1, 0.15) is 16.1 Å². The highest BCUT2D eigenvalue weighted by molar-refractivity contribution is 5.96. The molecular formula is C28H23F4N5O2. The molecule has 200 valence electrons. The molecule has 1 aromatic heterocycles. The monoisotopic (exact) mass is 537 g/mol. The number of aromatic nitrogens is 1. The first kappa shape index (κ1) is 26.0. The van der Waals surface area contributed by atoms with Gasteiger partial charge in [0.1, 0.15) is 11.5 Å². The Morgan fingerprint density at radius 2 is 1.41 bits per heavy atom. The summed E-state index contributed by atoms with van der Waals surface area (Å²) in [5.41, 5.74) is 0.872. The number of para-hydroxylation sites is 1. The van der Waals surface area contributed by atoms with Crippen LogP contribution in [-0.4, -0.2) is 52.9 Å². The number of alkyl halides is 3. The number of hydrogen-bond acceptors (Lipinski definition) is 4. The van der Waals surface area contributed by atoms with Crippen molar-refractivity contribution >= 4 is 39.9 Å². The van der Waals surface area contributed by atoms with E-state index in [4.69, 9.17) is 0 Å². The van der Waals surface area contributed by atoms with Crippen molar-refractivity contribution in [3.05, 3.63) is 95.9 Å². The van der Waals surface area contributed by atoms with E-state index in [1.54, 1.807) is 52.3 Å². The zero-order valence-corrected chi connectivity index (χ0v) is 20.5. The van der Waals surface area contributed by atoms with E-state index in [2.05, 4.69) is 15.6 Å². The van der Waals surface area contributed by atoms with Gasteiger partial charge in [0.15, 0.2) is 0 Å². The van der Waals surface area contributed by atoms with Crippen LogP contribution in [0, 0.1) is 5.82 Å². The largest absolute Gasteiger partial charge is 0.433 e. The molecule has 1 saturated heterocycles. The first-order valence-electron chi connectivity index (χ1n) is 12.1. The summed E-state index contributed by atoms with van der Waals surface area (Å²) in [7, 11) is 0. The lowest BCUT2D eigenvalue weighted by molar-refractivity contribution is -0.140. The Balaban J connectivity index is 1.22. The Bertz CT molecular complexity index is 1500. The fourth-order valence-electron chi connectivity index (χ4n) is 4.31. The van der Waals surface area contributed by atoms with E-state index in [0.29, 0.717) is 48.5 Å². The van der Waals surface area contributed by atoms with Crippen LogP contribution in [0.4, 0.5) is 39.4 Å². The third-order valence-electron chi connectivity index (χ3n) is 6.37. The minimum Gasteiger partial charge on any atom is -0.355 e. The normalized spacial score (nSPS) is 13.8. The molecule has 3 aromatic carbocycles. The molecule has 0 spiro atoms. The number of halogens is 4. The van der Waals surface area contributed by atoms with Crippen molar-refractivity contribution in [2.75, 3.05) is 36.8 Å². The van der Waals surface area contributed by atoms with E-state index >= 15 is 0 Å². The number of fused-ring (bicyclic) bond motifs is 1. The number of piperazine rings is 1. The predicted molar refractivity (Wildman–Crippen MR) is 139 cm³/mol. The molecule has 1 aliphatic heterocycles. The lowest BCUT2D eigenvalue weighted by Crippen LogP contribution is -2.51. The van der Waals surface area contributed by atoms with Crippen molar-refractivity contribution < 1.29 is 27.2 Å². The average molecular weight is 538 g/mol. The van der Waals surface area contributed by atoms with Gasteiger partial charge < -0.3 is 20.4 Å². The third-order valence-corrected chi connectivity index (χ3v) is 6.37. The summed E-state index contributed by atoms with van der Waals surface area (Å²) in [5.74, 6) is -0.612. The van der Waals surface area contributed by atoms with E-state index in [9.17, 15) is 27.2 Å². The summed E-state index contributed by atoms with van der Waals surface area (Å²) in [5, 5.41) is 6.25. The smallest absolute Gasteiger partial charge is 0.355 e. The second-order valence-electron chi connectivity index (χ2n) is 8.99. The number of anilines is 3. The Kier molecular flexibility index (Phi) is 7.05. The van der Waals surface area contributed by atoms with Crippen molar-refractivity contribution in [1.29, 1.82) is 0 Å². The van der Waals surface area contributed by atoms with Crippen LogP contribution >= 0.6 is 0 Å². The molecule has 0 atom stereocenters. The van der Waals surface area contributed by atoms with Crippen LogP contribution in [-0.2, 0) is 6.18 Å². The van der Waals surface area contributed by atoms with Gasteiger partial charge in [-0.05, 0) is 60.7 Å². The molecule has 7 nitrogen and oxygen atoms in total. The van der Waals surface area contributed by atoms with Crippen LogP contribution in [0.25, 0.3) is 10.9 Å². The first-order valence-corrected chi connectivity index (χ1v) is 12.1. The summed E-state index contributed by atoms with van der Waals surface area (Å²) < 4.78 is 53.2. The van der Waals surface area contributed by atoms with Crippen molar-refractivity contribution in [2.45, 2.75) is 6.18 Å². The summed E-state index contributed by atoms with van der Waals surface area (Å²) in [6.07, 6.45) is -4.59. The lowest BCUT2D eigenvalue weighted by atomic mass is 10.1. The molecule has 0 unspecified atom stereocenters. The molecule has 2 N–H and O–H groups in total. The van der Waals surface area contributed by atoms with Gasteiger partial charge in [0.25, 0.3) is 5.91 Å². The fraction of sp³-hybridized carbons (Fsp3) is 0.179. The molecule has 3 amide bonds. The number of urea groups is 1. The van der Waals surface area contributed by atoms with E-state index in [0.717, 1.165) is 6.07 Å². The van der Waals surface area contributed by atoms with Crippen LogP contribution in [0.2, 0.25) is 0 Å². The Morgan fingerprint density at radius 1 is 0.795 bits per heavy atom. The summed E-state index contributed by atoms with van der Waals surface area (Å²) in [6.45, 7) is 1.32. The van der Waals surface area contributed by atoms with E-state index in [1.807, 2.05) is 0 Å². The number of nitrogens with one attached hydrogen (secondary N) is 2. The lowest BCUT2D eigenvalue weighted by Gasteiger charge is -2.34. The average Bonchev–Trinajstić information content (AvgIpc) is 2.94.